The molecule has 0 aliphatic heterocycles. The summed E-state index contributed by atoms with van der Waals surface area (Å²) in [6, 6.07) is 2.02. The van der Waals surface area contributed by atoms with E-state index in [0.29, 0.717) is 25.0 Å². The summed E-state index contributed by atoms with van der Waals surface area (Å²) in [4.78, 5) is 8.68. The molecule has 0 atom stereocenters. The molecule has 0 fully saturated rings. The molecule has 0 amide bonds. The highest BCUT2D eigenvalue weighted by molar-refractivity contribution is 5.79. The van der Waals surface area contributed by atoms with Crippen molar-refractivity contribution in [3.8, 4) is 0 Å². The molecule has 132 valence electrons. The Bertz CT molecular complexity index is 642. The highest BCUT2D eigenvalue weighted by Crippen LogP contribution is 2.22. The fraction of sp³-hybridized carbons (Fsp3) is 0.625. The predicted molar refractivity (Wildman–Crippen MR) is 92.5 cm³/mol. The number of aryl methyl sites for hydroxylation is 1. The lowest BCUT2D eigenvalue weighted by atomic mass is 9.99. The molecular weight excluding hydrogens is 306 g/mol. The van der Waals surface area contributed by atoms with Crippen molar-refractivity contribution in [2.24, 2.45) is 12.0 Å². The molecule has 0 bridgehead atoms. The Labute approximate surface area is 142 Å². The molecule has 8 nitrogen and oxygen atoms in total. The summed E-state index contributed by atoms with van der Waals surface area (Å²) in [5.41, 5.74) is 1.03. The Morgan fingerprint density at radius 3 is 2.71 bits per heavy atom. The van der Waals surface area contributed by atoms with Crippen LogP contribution in [0.4, 0.5) is 0 Å². The van der Waals surface area contributed by atoms with E-state index in [-0.39, 0.29) is 0 Å². The van der Waals surface area contributed by atoms with E-state index >= 15 is 0 Å². The van der Waals surface area contributed by atoms with Crippen molar-refractivity contribution in [1.29, 1.82) is 0 Å². The highest BCUT2D eigenvalue weighted by Gasteiger charge is 2.13. The fourth-order valence-electron chi connectivity index (χ4n) is 2.44. The van der Waals surface area contributed by atoms with Gasteiger partial charge in [-0.15, -0.1) is 0 Å². The van der Waals surface area contributed by atoms with Crippen molar-refractivity contribution >= 4 is 5.96 Å². The van der Waals surface area contributed by atoms with Crippen LogP contribution < -0.4 is 10.6 Å². The molecule has 24 heavy (non-hydrogen) atoms. The van der Waals surface area contributed by atoms with Crippen LogP contribution in [0.2, 0.25) is 0 Å². The zero-order valence-electron chi connectivity index (χ0n) is 14.9. The van der Waals surface area contributed by atoms with Gasteiger partial charge < -0.3 is 15.2 Å². The van der Waals surface area contributed by atoms with Gasteiger partial charge in [0.25, 0.3) is 0 Å². The minimum absolute atomic E-state index is 0.459. The van der Waals surface area contributed by atoms with Crippen LogP contribution in [0.5, 0.6) is 0 Å². The summed E-state index contributed by atoms with van der Waals surface area (Å²) in [7, 11) is 1.85. The Morgan fingerprint density at radius 1 is 1.29 bits per heavy atom. The maximum atomic E-state index is 5.43. The number of hydrogen-bond acceptors (Lipinski definition) is 5. The quantitative estimate of drug-likeness (QED) is 0.567. The first-order chi connectivity index (χ1) is 11.7. The molecule has 0 aliphatic rings. The summed E-state index contributed by atoms with van der Waals surface area (Å²) in [5, 5.41) is 14.7. The minimum Gasteiger partial charge on any atom is -0.359 e. The first-order valence-corrected chi connectivity index (χ1v) is 8.48. The fourth-order valence-corrected chi connectivity index (χ4v) is 2.44. The minimum atomic E-state index is 0.459. The summed E-state index contributed by atoms with van der Waals surface area (Å²) in [6.45, 7) is 8.14. The van der Waals surface area contributed by atoms with E-state index in [2.05, 4.69) is 44.7 Å². The van der Waals surface area contributed by atoms with Crippen LogP contribution in [0.25, 0.3) is 0 Å². The number of nitrogens with one attached hydrogen (secondary N) is 2. The smallest absolute Gasteiger partial charge is 0.192 e. The van der Waals surface area contributed by atoms with Gasteiger partial charge in [0.15, 0.2) is 11.7 Å². The Hall–Kier alpha value is -2.38. The maximum Gasteiger partial charge on any atom is 0.192 e. The maximum absolute atomic E-state index is 5.43. The SMILES string of the molecule is CCNC(=NCc1ncnn1C)NCc1cc(C(CC)CC)no1. The predicted octanol–water partition coefficient (Wildman–Crippen LogP) is 1.96. The zero-order chi connectivity index (χ0) is 17.4. The van der Waals surface area contributed by atoms with Gasteiger partial charge in [-0.1, -0.05) is 19.0 Å². The largest absolute Gasteiger partial charge is 0.359 e. The molecule has 2 heterocycles. The molecule has 8 heteroatoms. The number of rotatable bonds is 8. The van der Waals surface area contributed by atoms with Crippen LogP contribution in [0, 0.1) is 0 Å². The Morgan fingerprint density at radius 2 is 2.08 bits per heavy atom. The van der Waals surface area contributed by atoms with Crippen LogP contribution in [-0.4, -0.2) is 32.4 Å². The molecule has 2 aromatic heterocycles. The number of hydrogen-bond donors (Lipinski definition) is 2. The molecule has 0 unspecified atom stereocenters. The molecule has 2 aromatic rings. The van der Waals surface area contributed by atoms with Gasteiger partial charge in [-0.3, -0.25) is 4.68 Å². The third-order valence-electron chi connectivity index (χ3n) is 3.94. The van der Waals surface area contributed by atoms with Crippen molar-refractivity contribution in [2.75, 3.05) is 6.54 Å². The van der Waals surface area contributed by atoms with Crippen LogP contribution in [0.1, 0.15) is 56.8 Å². The van der Waals surface area contributed by atoms with E-state index in [1.807, 2.05) is 20.0 Å². The van der Waals surface area contributed by atoms with Crippen molar-refractivity contribution in [1.82, 2.24) is 30.6 Å². The lowest BCUT2D eigenvalue weighted by molar-refractivity contribution is 0.368. The standard InChI is InChI=1S/C16H27N7O/c1-5-12(6-2)14-8-13(24-22-14)9-18-16(17-7-3)19-10-15-20-11-21-23(15)4/h8,11-12H,5-7,9-10H2,1-4H3,(H2,17,18,19). The Kier molecular flexibility index (Phi) is 6.77. The molecule has 2 rings (SSSR count). The Balaban J connectivity index is 1.95. The van der Waals surface area contributed by atoms with E-state index in [0.717, 1.165) is 36.7 Å². The van der Waals surface area contributed by atoms with E-state index in [4.69, 9.17) is 4.52 Å². The second-order valence-electron chi connectivity index (χ2n) is 5.58. The first kappa shape index (κ1) is 18.0. The molecular formula is C16H27N7O. The second-order valence-corrected chi connectivity index (χ2v) is 5.58. The number of nitrogens with zero attached hydrogens (tertiary/aromatic N) is 5. The average molecular weight is 333 g/mol. The molecule has 0 saturated heterocycles. The zero-order valence-corrected chi connectivity index (χ0v) is 14.9. The van der Waals surface area contributed by atoms with Gasteiger partial charge in [-0.05, 0) is 19.8 Å². The molecule has 0 spiro atoms. The van der Waals surface area contributed by atoms with Crippen molar-refractivity contribution in [3.05, 3.63) is 29.7 Å². The van der Waals surface area contributed by atoms with Gasteiger partial charge in [-0.2, -0.15) is 5.10 Å². The topological polar surface area (TPSA) is 93.2 Å². The monoisotopic (exact) mass is 333 g/mol. The number of aliphatic imine (C=N–C) groups is 1. The van der Waals surface area contributed by atoms with E-state index in [9.17, 15) is 0 Å². The third kappa shape index (κ3) is 4.81. The molecule has 0 aliphatic carbocycles. The van der Waals surface area contributed by atoms with Gasteiger partial charge >= 0.3 is 0 Å². The van der Waals surface area contributed by atoms with E-state index in [1.54, 1.807) is 4.68 Å². The van der Waals surface area contributed by atoms with Crippen molar-refractivity contribution in [2.45, 2.75) is 52.6 Å². The van der Waals surface area contributed by atoms with Gasteiger partial charge in [0.05, 0.1) is 12.2 Å². The highest BCUT2D eigenvalue weighted by atomic mass is 16.5. The molecule has 0 radical (unpaired) electrons. The normalized spacial score (nSPS) is 12.0. The molecule has 0 saturated carbocycles. The van der Waals surface area contributed by atoms with Crippen LogP contribution in [0.3, 0.4) is 0 Å². The number of aromatic nitrogens is 4. The molecule has 2 N–H and O–H groups in total. The van der Waals surface area contributed by atoms with Gasteiger partial charge in [0.2, 0.25) is 0 Å². The average Bonchev–Trinajstić information content (AvgIpc) is 3.21. The third-order valence-corrected chi connectivity index (χ3v) is 3.94. The summed E-state index contributed by atoms with van der Waals surface area (Å²) >= 11 is 0. The van der Waals surface area contributed by atoms with Crippen molar-refractivity contribution in [3.63, 3.8) is 0 Å². The van der Waals surface area contributed by atoms with E-state index in [1.165, 1.54) is 6.33 Å². The van der Waals surface area contributed by atoms with Crippen LogP contribution >= 0.6 is 0 Å². The number of guanidine groups is 1. The second kappa shape index (κ2) is 9.05. The van der Waals surface area contributed by atoms with Crippen LogP contribution in [-0.2, 0) is 20.1 Å². The van der Waals surface area contributed by atoms with Crippen molar-refractivity contribution < 1.29 is 4.52 Å². The summed E-state index contributed by atoms with van der Waals surface area (Å²) in [5.74, 6) is 2.78. The first-order valence-electron chi connectivity index (χ1n) is 8.48. The summed E-state index contributed by atoms with van der Waals surface area (Å²) < 4.78 is 7.14. The van der Waals surface area contributed by atoms with E-state index < -0.39 is 0 Å². The summed E-state index contributed by atoms with van der Waals surface area (Å²) in [6.07, 6.45) is 3.66. The molecule has 0 aromatic carbocycles. The van der Waals surface area contributed by atoms with Crippen LogP contribution in [0.15, 0.2) is 21.9 Å². The lowest BCUT2D eigenvalue weighted by Gasteiger charge is -2.09. The van der Waals surface area contributed by atoms with Gasteiger partial charge in [0, 0.05) is 25.6 Å². The lowest BCUT2D eigenvalue weighted by Crippen LogP contribution is -2.36. The van der Waals surface area contributed by atoms with Gasteiger partial charge in [-0.25, -0.2) is 9.98 Å². The van der Waals surface area contributed by atoms with Gasteiger partial charge in [0.1, 0.15) is 18.7 Å².